The van der Waals surface area contributed by atoms with Crippen molar-refractivity contribution >= 4 is 11.4 Å². The van der Waals surface area contributed by atoms with Gasteiger partial charge in [-0.2, -0.15) is 5.10 Å². The Morgan fingerprint density at radius 3 is 2.70 bits per heavy atom. The summed E-state index contributed by atoms with van der Waals surface area (Å²) in [7, 11) is 0. The van der Waals surface area contributed by atoms with Gasteiger partial charge in [-0.15, -0.1) is 0 Å². The van der Waals surface area contributed by atoms with E-state index >= 15 is 0 Å². The zero-order chi connectivity index (χ0) is 13.8. The van der Waals surface area contributed by atoms with Gasteiger partial charge in [0.1, 0.15) is 0 Å². The molecule has 20 heavy (non-hydrogen) atoms. The maximum absolute atomic E-state index is 12.0. The molecular formula is C16H15N3O. The van der Waals surface area contributed by atoms with E-state index < -0.39 is 0 Å². The molecule has 0 aliphatic rings. The summed E-state index contributed by atoms with van der Waals surface area (Å²) in [6, 6.07) is 17.6. The fourth-order valence-electron chi connectivity index (χ4n) is 2.10. The first-order chi connectivity index (χ1) is 9.83. The number of rotatable bonds is 4. The largest absolute Gasteiger partial charge is 0.350 e. The quantitative estimate of drug-likeness (QED) is 0.787. The van der Waals surface area contributed by atoms with Crippen molar-refractivity contribution in [3.05, 3.63) is 72.1 Å². The molecule has 0 spiro atoms. The Labute approximate surface area is 117 Å². The van der Waals surface area contributed by atoms with E-state index in [0.29, 0.717) is 12.2 Å². The summed E-state index contributed by atoms with van der Waals surface area (Å²) in [4.78, 5) is 12.0. The number of hydrogen-bond acceptors (Lipinski definition) is 2. The first-order valence-electron chi connectivity index (χ1n) is 6.59. The van der Waals surface area contributed by atoms with E-state index in [1.807, 2.05) is 42.6 Å². The number of amides is 1. The predicted octanol–water partition coefficient (Wildman–Crippen LogP) is 2.31. The average molecular weight is 265 g/mol. The van der Waals surface area contributed by atoms with Crippen LogP contribution in [-0.2, 0) is 6.42 Å². The van der Waals surface area contributed by atoms with Crippen molar-refractivity contribution in [2.24, 2.45) is 0 Å². The van der Waals surface area contributed by atoms with Gasteiger partial charge in [0, 0.05) is 12.7 Å². The van der Waals surface area contributed by atoms with Gasteiger partial charge in [0.05, 0.1) is 5.52 Å². The third kappa shape index (κ3) is 2.69. The number of hydrogen-bond donors (Lipinski definition) is 1. The van der Waals surface area contributed by atoms with E-state index in [-0.39, 0.29) is 5.91 Å². The molecule has 2 heterocycles. The Morgan fingerprint density at radius 2 is 1.90 bits per heavy atom. The van der Waals surface area contributed by atoms with Gasteiger partial charge in [0.2, 0.25) is 0 Å². The Hall–Kier alpha value is -2.62. The van der Waals surface area contributed by atoms with E-state index in [0.717, 1.165) is 11.9 Å². The number of fused-ring (bicyclic) bond motifs is 1. The summed E-state index contributed by atoms with van der Waals surface area (Å²) in [5, 5.41) is 7.14. The van der Waals surface area contributed by atoms with Crippen LogP contribution in [-0.4, -0.2) is 22.1 Å². The standard InChI is InChI=1S/C16H15N3O/c20-16(17-10-9-13-6-2-1-3-7-13)15-12-14-8-4-5-11-19(14)18-15/h1-8,11-12H,9-10H2,(H,17,20). The Kier molecular flexibility index (Phi) is 3.46. The lowest BCUT2D eigenvalue weighted by atomic mass is 10.1. The van der Waals surface area contributed by atoms with E-state index in [2.05, 4.69) is 22.5 Å². The fourth-order valence-corrected chi connectivity index (χ4v) is 2.10. The minimum Gasteiger partial charge on any atom is -0.350 e. The molecule has 0 bridgehead atoms. The molecule has 0 unspecified atom stereocenters. The van der Waals surface area contributed by atoms with Crippen molar-refractivity contribution in [1.29, 1.82) is 0 Å². The summed E-state index contributed by atoms with van der Waals surface area (Å²) >= 11 is 0. The second-order valence-electron chi connectivity index (χ2n) is 4.59. The molecule has 0 aliphatic carbocycles. The second kappa shape index (κ2) is 5.57. The van der Waals surface area contributed by atoms with Crippen LogP contribution < -0.4 is 5.32 Å². The molecule has 4 heteroatoms. The molecule has 100 valence electrons. The van der Waals surface area contributed by atoms with Crippen LogP contribution in [0, 0.1) is 0 Å². The lowest BCUT2D eigenvalue weighted by Gasteiger charge is -2.03. The predicted molar refractivity (Wildman–Crippen MR) is 77.7 cm³/mol. The van der Waals surface area contributed by atoms with Crippen molar-refractivity contribution in [1.82, 2.24) is 14.9 Å². The SMILES string of the molecule is O=C(NCCc1ccccc1)c1cc2ccccn2n1. The molecule has 2 aromatic heterocycles. The number of carbonyl (C=O) groups excluding carboxylic acids is 1. The highest BCUT2D eigenvalue weighted by Gasteiger charge is 2.09. The smallest absolute Gasteiger partial charge is 0.271 e. The van der Waals surface area contributed by atoms with E-state index in [1.54, 1.807) is 10.6 Å². The number of aromatic nitrogens is 2. The highest BCUT2D eigenvalue weighted by Crippen LogP contribution is 2.05. The van der Waals surface area contributed by atoms with Crippen molar-refractivity contribution in [3.63, 3.8) is 0 Å². The maximum Gasteiger partial charge on any atom is 0.271 e. The average Bonchev–Trinajstić information content (AvgIpc) is 2.92. The highest BCUT2D eigenvalue weighted by atomic mass is 16.1. The molecule has 1 amide bonds. The van der Waals surface area contributed by atoms with Crippen molar-refractivity contribution in [2.45, 2.75) is 6.42 Å². The molecule has 0 radical (unpaired) electrons. The number of nitrogens with one attached hydrogen (secondary N) is 1. The van der Waals surface area contributed by atoms with Crippen LogP contribution in [0.25, 0.3) is 5.52 Å². The highest BCUT2D eigenvalue weighted by molar-refractivity contribution is 5.93. The third-order valence-corrected chi connectivity index (χ3v) is 3.14. The van der Waals surface area contributed by atoms with Crippen LogP contribution in [0.4, 0.5) is 0 Å². The van der Waals surface area contributed by atoms with Crippen LogP contribution in [0.1, 0.15) is 16.1 Å². The van der Waals surface area contributed by atoms with Gasteiger partial charge < -0.3 is 5.32 Å². The first kappa shape index (κ1) is 12.4. The molecule has 1 aromatic carbocycles. The number of benzene rings is 1. The molecule has 3 rings (SSSR count). The molecule has 0 saturated carbocycles. The molecule has 0 fully saturated rings. The lowest BCUT2D eigenvalue weighted by molar-refractivity contribution is 0.0949. The Balaban J connectivity index is 1.61. The van der Waals surface area contributed by atoms with Gasteiger partial charge in [-0.3, -0.25) is 4.79 Å². The monoisotopic (exact) mass is 265 g/mol. The Morgan fingerprint density at radius 1 is 1.10 bits per heavy atom. The van der Waals surface area contributed by atoms with Gasteiger partial charge in [0.25, 0.3) is 5.91 Å². The van der Waals surface area contributed by atoms with Gasteiger partial charge in [-0.25, -0.2) is 4.52 Å². The van der Waals surface area contributed by atoms with E-state index in [1.165, 1.54) is 5.56 Å². The van der Waals surface area contributed by atoms with Crippen LogP contribution in [0.5, 0.6) is 0 Å². The zero-order valence-corrected chi connectivity index (χ0v) is 11.0. The van der Waals surface area contributed by atoms with E-state index in [4.69, 9.17) is 0 Å². The van der Waals surface area contributed by atoms with Gasteiger partial charge in [-0.05, 0) is 30.2 Å². The molecular weight excluding hydrogens is 250 g/mol. The number of pyridine rings is 1. The summed E-state index contributed by atoms with van der Waals surface area (Å²) in [6.07, 6.45) is 2.65. The minimum atomic E-state index is -0.135. The fraction of sp³-hybridized carbons (Fsp3) is 0.125. The molecule has 0 aliphatic heterocycles. The molecule has 0 atom stereocenters. The van der Waals surface area contributed by atoms with Crippen LogP contribution >= 0.6 is 0 Å². The molecule has 3 aromatic rings. The lowest BCUT2D eigenvalue weighted by Crippen LogP contribution is -2.26. The van der Waals surface area contributed by atoms with Crippen molar-refractivity contribution < 1.29 is 4.79 Å². The van der Waals surface area contributed by atoms with Gasteiger partial charge >= 0.3 is 0 Å². The van der Waals surface area contributed by atoms with Crippen LogP contribution in [0.3, 0.4) is 0 Å². The summed E-state index contributed by atoms with van der Waals surface area (Å²) in [6.45, 7) is 0.608. The minimum absolute atomic E-state index is 0.135. The molecule has 1 N–H and O–H groups in total. The number of nitrogens with zero attached hydrogens (tertiary/aromatic N) is 2. The second-order valence-corrected chi connectivity index (χ2v) is 4.59. The summed E-state index contributed by atoms with van der Waals surface area (Å²) in [5.74, 6) is -0.135. The summed E-state index contributed by atoms with van der Waals surface area (Å²) < 4.78 is 1.70. The van der Waals surface area contributed by atoms with Crippen molar-refractivity contribution in [2.75, 3.05) is 6.54 Å². The van der Waals surface area contributed by atoms with Gasteiger partial charge in [-0.1, -0.05) is 36.4 Å². The van der Waals surface area contributed by atoms with Crippen molar-refractivity contribution in [3.8, 4) is 0 Å². The summed E-state index contributed by atoms with van der Waals surface area (Å²) in [5.41, 5.74) is 2.58. The number of carbonyl (C=O) groups is 1. The van der Waals surface area contributed by atoms with Crippen LogP contribution in [0.15, 0.2) is 60.8 Å². The van der Waals surface area contributed by atoms with E-state index in [9.17, 15) is 4.79 Å². The molecule has 0 saturated heterocycles. The zero-order valence-electron chi connectivity index (χ0n) is 11.0. The topological polar surface area (TPSA) is 46.4 Å². The van der Waals surface area contributed by atoms with Gasteiger partial charge in [0.15, 0.2) is 5.69 Å². The third-order valence-electron chi connectivity index (χ3n) is 3.14. The first-order valence-corrected chi connectivity index (χ1v) is 6.59. The Bertz CT molecular complexity index is 686. The maximum atomic E-state index is 12.0. The van der Waals surface area contributed by atoms with Crippen LogP contribution in [0.2, 0.25) is 0 Å². The normalized spacial score (nSPS) is 10.6. The molecule has 4 nitrogen and oxygen atoms in total.